The Morgan fingerprint density at radius 1 is 0.968 bits per heavy atom. The lowest BCUT2D eigenvalue weighted by Gasteiger charge is -2.21. The molecule has 11 heteroatoms. The third kappa shape index (κ3) is 13.1. The number of carboxylic acids is 2. The van der Waals surface area contributed by atoms with Crippen molar-refractivity contribution < 1.29 is 33.0 Å². The van der Waals surface area contributed by atoms with Gasteiger partial charge < -0.3 is 25.3 Å². The number of rotatable bonds is 11. The zero-order valence-corrected chi connectivity index (χ0v) is 18.8. The number of urea groups is 1. The van der Waals surface area contributed by atoms with E-state index in [4.69, 9.17) is 10.2 Å². The maximum Gasteiger partial charge on any atom is 0.328 e. The Kier molecular flexibility index (Phi) is 13.6. The van der Waals surface area contributed by atoms with Crippen LogP contribution in [0.15, 0.2) is 47.4 Å². The number of benzene rings is 1. The lowest BCUT2D eigenvalue weighted by molar-refractivity contribution is -0.134. The predicted molar refractivity (Wildman–Crippen MR) is 117 cm³/mol. The summed E-state index contributed by atoms with van der Waals surface area (Å²) >= 11 is 0. The number of carbonyl (C=O) groups excluding carboxylic acids is 1. The highest BCUT2D eigenvalue weighted by Crippen LogP contribution is 2.10. The van der Waals surface area contributed by atoms with E-state index in [2.05, 4.69) is 24.1 Å². The minimum Gasteiger partial charge on any atom is -0.478 e. The lowest BCUT2D eigenvalue weighted by Crippen LogP contribution is -2.42. The average molecular weight is 458 g/mol. The number of sulfone groups is 1. The van der Waals surface area contributed by atoms with Crippen LogP contribution in [0, 0.1) is 0 Å². The standard InChI is InChI=1S/C16H27N3O3S.C4H4O4/c1-4-19(5-2)12-11-17-16(20)18(3)13-14-23(21,22)15-9-7-6-8-10-15;5-3(6)1-2-4(7)8/h6-10H,4-5,11-14H2,1-3H3,(H,17,20);1-2H,(H,5,6)(H,7,8)/b;2-1-. The number of hydrogen-bond acceptors (Lipinski definition) is 6. The molecule has 3 N–H and O–H groups in total. The summed E-state index contributed by atoms with van der Waals surface area (Å²) in [4.78, 5) is 35.0. The highest BCUT2D eigenvalue weighted by atomic mass is 32.2. The Balaban J connectivity index is 0.000000954. The molecule has 0 radical (unpaired) electrons. The fourth-order valence-corrected chi connectivity index (χ4v) is 3.56. The quantitative estimate of drug-likeness (QED) is 0.420. The van der Waals surface area contributed by atoms with E-state index >= 15 is 0 Å². The van der Waals surface area contributed by atoms with Gasteiger partial charge in [0.25, 0.3) is 0 Å². The first-order valence-electron chi connectivity index (χ1n) is 9.66. The van der Waals surface area contributed by atoms with Crippen LogP contribution in [-0.2, 0) is 19.4 Å². The number of likely N-dealkylation sites (N-methyl/N-ethyl adjacent to an activating group) is 1. The first-order valence-corrected chi connectivity index (χ1v) is 11.3. The monoisotopic (exact) mass is 457 g/mol. The summed E-state index contributed by atoms with van der Waals surface area (Å²) < 4.78 is 24.4. The van der Waals surface area contributed by atoms with E-state index in [0.717, 1.165) is 19.6 Å². The van der Waals surface area contributed by atoms with E-state index in [1.807, 2.05) is 0 Å². The number of amides is 2. The zero-order valence-electron chi connectivity index (χ0n) is 18.0. The molecule has 0 spiro atoms. The normalized spacial score (nSPS) is 11.0. The molecule has 0 aliphatic carbocycles. The molecule has 0 saturated heterocycles. The Hall–Kier alpha value is -2.92. The van der Waals surface area contributed by atoms with E-state index in [9.17, 15) is 22.8 Å². The molecular weight excluding hydrogens is 426 g/mol. The van der Waals surface area contributed by atoms with Crippen molar-refractivity contribution in [1.29, 1.82) is 0 Å². The Morgan fingerprint density at radius 2 is 1.48 bits per heavy atom. The maximum atomic E-state index is 12.2. The zero-order chi connectivity index (χ0) is 23.9. The second kappa shape index (κ2) is 15.0. The van der Waals surface area contributed by atoms with Crippen LogP contribution in [-0.4, -0.2) is 91.9 Å². The summed E-state index contributed by atoms with van der Waals surface area (Å²) in [5, 5.41) is 18.4. The van der Waals surface area contributed by atoms with Crippen LogP contribution in [0.3, 0.4) is 0 Å². The van der Waals surface area contributed by atoms with Gasteiger partial charge in [-0.1, -0.05) is 32.0 Å². The average Bonchev–Trinajstić information content (AvgIpc) is 2.74. The highest BCUT2D eigenvalue weighted by molar-refractivity contribution is 7.91. The molecule has 31 heavy (non-hydrogen) atoms. The topological polar surface area (TPSA) is 144 Å². The van der Waals surface area contributed by atoms with Crippen LogP contribution < -0.4 is 5.32 Å². The van der Waals surface area contributed by atoms with E-state index in [0.29, 0.717) is 18.7 Å². The highest BCUT2D eigenvalue weighted by Gasteiger charge is 2.17. The molecule has 1 aromatic rings. The maximum absolute atomic E-state index is 12.2. The fourth-order valence-electron chi connectivity index (χ4n) is 2.24. The molecule has 0 aromatic heterocycles. The lowest BCUT2D eigenvalue weighted by atomic mass is 10.4. The van der Waals surface area contributed by atoms with Crippen molar-refractivity contribution in [3.05, 3.63) is 42.5 Å². The van der Waals surface area contributed by atoms with E-state index in [1.165, 1.54) is 4.90 Å². The van der Waals surface area contributed by atoms with Gasteiger partial charge in [0.1, 0.15) is 0 Å². The Labute approximate surface area is 183 Å². The van der Waals surface area contributed by atoms with Crippen molar-refractivity contribution in [2.45, 2.75) is 18.7 Å². The summed E-state index contributed by atoms with van der Waals surface area (Å²) in [6, 6.07) is 8.04. The SMILES string of the molecule is CCN(CC)CCNC(=O)N(C)CCS(=O)(=O)c1ccccc1.O=C(O)/C=C\C(=O)O. The second-order valence-corrected chi connectivity index (χ2v) is 8.43. The van der Waals surface area contributed by atoms with Gasteiger partial charge in [0, 0.05) is 38.8 Å². The summed E-state index contributed by atoms with van der Waals surface area (Å²) in [7, 11) is -1.76. The number of carbonyl (C=O) groups is 3. The fraction of sp³-hybridized carbons (Fsp3) is 0.450. The smallest absolute Gasteiger partial charge is 0.328 e. The van der Waals surface area contributed by atoms with Crippen molar-refractivity contribution in [3.8, 4) is 0 Å². The molecule has 2 amide bonds. The molecule has 0 aliphatic rings. The van der Waals surface area contributed by atoms with E-state index in [-0.39, 0.29) is 23.2 Å². The number of carboxylic acid groups (broad SMARTS) is 2. The van der Waals surface area contributed by atoms with Crippen LogP contribution in [0.2, 0.25) is 0 Å². The van der Waals surface area contributed by atoms with Crippen molar-refractivity contribution in [2.24, 2.45) is 0 Å². The molecule has 1 rings (SSSR count). The minimum atomic E-state index is -3.36. The predicted octanol–water partition coefficient (Wildman–Crippen LogP) is 1.16. The number of hydrogen-bond donors (Lipinski definition) is 3. The van der Waals surface area contributed by atoms with Crippen LogP contribution in [0.1, 0.15) is 13.8 Å². The van der Waals surface area contributed by atoms with Crippen LogP contribution >= 0.6 is 0 Å². The van der Waals surface area contributed by atoms with Crippen molar-refractivity contribution in [1.82, 2.24) is 15.1 Å². The van der Waals surface area contributed by atoms with Crippen molar-refractivity contribution >= 4 is 27.8 Å². The van der Waals surface area contributed by atoms with Gasteiger partial charge in [0.2, 0.25) is 0 Å². The van der Waals surface area contributed by atoms with Crippen LogP contribution in [0.25, 0.3) is 0 Å². The molecule has 0 saturated carbocycles. The molecule has 1 aromatic carbocycles. The third-order valence-electron chi connectivity index (χ3n) is 4.11. The van der Waals surface area contributed by atoms with E-state index in [1.54, 1.807) is 37.4 Å². The van der Waals surface area contributed by atoms with E-state index < -0.39 is 21.8 Å². The molecule has 0 unspecified atom stereocenters. The molecule has 0 atom stereocenters. The first kappa shape index (κ1) is 28.1. The summed E-state index contributed by atoms with van der Waals surface area (Å²) in [5.74, 6) is -2.60. The summed E-state index contributed by atoms with van der Waals surface area (Å²) in [6.07, 6.45) is 1.12. The van der Waals surface area contributed by atoms with Gasteiger partial charge in [0.15, 0.2) is 9.84 Å². The van der Waals surface area contributed by atoms with Crippen LogP contribution in [0.4, 0.5) is 4.79 Å². The van der Waals surface area contributed by atoms with Gasteiger partial charge >= 0.3 is 18.0 Å². The molecule has 0 aliphatic heterocycles. The number of nitrogens with one attached hydrogen (secondary N) is 1. The minimum absolute atomic E-state index is 0.0863. The van der Waals surface area contributed by atoms with Gasteiger partial charge in [-0.15, -0.1) is 0 Å². The Morgan fingerprint density at radius 3 is 1.94 bits per heavy atom. The van der Waals surface area contributed by atoms with Crippen molar-refractivity contribution in [3.63, 3.8) is 0 Å². The molecule has 0 fully saturated rings. The number of aliphatic carboxylic acids is 2. The molecule has 0 bridgehead atoms. The molecule has 174 valence electrons. The molecular formula is C20H31N3O7S. The third-order valence-corrected chi connectivity index (χ3v) is 5.82. The van der Waals surface area contributed by atoms with Gasteiger partial charge in [-0.05, 0) is 25.2 Å². The largest absolute Gasteiger partial charge is 0.478 e. The van der Waals surface area contributed by atoms with Crippen LogP contribution in [0.5, 0.6) is 0 Å². The number of nitrogens with zero attached hydrogens (tertiary/aromatic N) is 2. The molecule has 10 nitrogen and oxygen atoms in total. The van der Waals surface area contributed by atoms with Gasteiger partial charge in [-0.25, -0.2) is 22.8 Å². The summed E-state index contributed by atoms with van der Waals surface area (Å²) in [5.41, 5.74) is 0. The van der Waals surface area contributed by atoms with Crippen molar-refractivity contribution in [2.75, 3.05) is 45.5 Å². The van der Waals surface area contributed by atoms with Gasteiger partial charge in [-0.3, -0.25) is 0 Å². The van der Waals surface area contributed by atoms with Gasteiger partial charge in [0.05, 0.1) is 10.6 Å². The van der Waals surface area contributed by atoms with Gasteiger partial charge in [-0.2, -0.15) is 0 Å². The second-order valence-electron chi connectivity index (χ2n) is 6.32. The Bertz CT molecular complexity index is 806. The first-order chi connectivity index (χ1) is 14.5. The molecule has 0 heterocycles. The summed E-state index contributed by atoms with van der Waals surface area (Å²) in [6.45, 7) is 7.53.